The van der Waals surface area contributed by atoms with Crippen molar-refractivity contribution in [1.82, 2.24) is 4.98 Å². The molecule has 0 radical (unpaired) electrons. The minimum absolute atomic E-state index is 0.158. The predicted octanol–water partition coefficient (Wildman–Crippen LogP) is 3.31. The zero-order chi connectivity index (χ0) is 13.9. The van der Waals surface area contributed by atoms with Crippen LogP contribution in [0.15, 0.2) is 6.07 Å². The second-order valence-corrected chi connectivity index (χ2v) is 3.68. The van der Waals surface area contributed by atoms with Crippen molar-refractivity contribution in [3.8, 4) is 5.75 Å². The molecule has 0 bridgehead atoms. The summed E-state index contributed by atoms with van der Waals surface area (Å²) in [5.74, 6) is -1.04. The average molecular weight is 336 g/mol. The lowest BCUT2D eigenvalue weighted by Gasteiger charge is -2.16. The third-order valence-corrected chi connectivity index (χ3v) is 2.40. The Hall–Kier alpha value is -0.960. The minimum atomic E-state index is -5.09. The first-order valence-electron chi connectivity index (χ1n) is 4.52. The number of ether oxygens (including phenoxy) is 1. The van der Waals surface area contributed by atoms with Crippen LogP contribution in [0.25, 0.3) is 0 Å². The molecule has 1 N–H and O–H groups in total. The van der Waals surface area contributed by atoms with Gasteiger partial charge >= 0.3 is 6.36 Å². The van der Waals surface area contributed by atoms with Gasteiger partial charge in [0.25, 0.3) is 6.43 Å². The Morgan fingerprint density at radius 3 is 2.39 bits per heavy atom. The zero-order valence-corrected chi connectivity index (χ0v) is 10.2. The lowest BCUT2D eigenvalue weighted by atomic mass is 10.1. The number of rotatable bonds is 4. The van der Waals surface area contributed by atoms with E-state index in [-0.39, 0.29) is 16.7 Å². The first-order valence-corrected chi connectivity index (χ1v) is 5.64. The van der Waals surface area contributed by atoms with Crippen molar-refractivity contribution in [3.63, 3.8) is 0 Å². The molecule has 1 aromatic heterocycles. The maximum absolute atomic E-state index is 12.7. The van der Waals surface area contributed by atoms with Gasteiger partial charge in [-0.3, -0.25) is 4.98 Å². The van der Waals surface area contributed by atoms with Crippen LogP contribution in [0, 0.1) is 0 Å². The SMILES string of the molecule is OCc1cc(C(F)F)c(OC(F)(F)F)c(CBr)n1. The van der Waals surface area contributed by atoms with Crippen LogP contribution < -0.4 is 4.74 Å². The first kappa shape index (κ1) is 15.1. The molecule has 0 saturated carbocycles. The number of aliphatic hydroxyl groups excluding tert-OH is 1. The maximum atomic E-state index is 12.7. The Balaban J connectivity index is 3.35. The van der Waals surface area contributed by atoms with Gasteiger partial charge in [0.1, 0.15) is 0 Å². The molecule has 0 amide bonds. The van der Waals surface area contributed by atoms with E-state index in [2.05, 4.69) is 25.7 Å². The topological polar surface area (TPSA) is 42.4 Å². The molecule has 0 atom stereocenters. The van der Waals surface area contributed by atoms with E-state index in [4.69, 9.17) is 5.11 Å². The second-order valence-electron chi connectivity index (χ2n) is 3.12. The van der Waals surface area contributed by atoms with Gasteiger partial charge in [-0.05, 0) is 6.07 Å². The van der Waals surface area contributed by atoms with Crippen LogP contribution >= 0.6 is 15.9 Å². The first-order chi connectivity index (χ1) is 8.28. The van der Waals surface area contributed by atoms with Crippen LogP contribution in [-0.4, -0.2) is 16.5 Å². The highest BCUT2D eigenvalue weighted by molar-refractivity contribution is 9.08. The highest BCUT2D eigenvalue weighted by Crippen LogP contribution is 2.36. The highest BCUT2D eigenvalue weighted by Gasteiger charge is 2.35. The molecule has 1 aromatic rings. The maximum Gasteiger partial charge on any atom is 0.573 e. The Labute approximate surface area is 107 Å². The largest absolute Gasteiger partial charge is 0.573 e. The Morgan fingerprint density at radius 1 is 1.39 bits per heavy atom. The van der Waals surface area contributed by atoms with E-state index in [1.165, 1.54) is 0 Å². The molecule has 0 fully saturated rings. The second kappa shape index (κ2) is 5.79. The number of aliphatic hydroxyl groups is 1. The normalized spacial score (nSPS) is 12.0. The summed E-state index contributed by atoms with van der Waals surface area (Å²) in [5, 5.41) is 8.59. The summed E-state index contributed by atoms with van der Waals surface area (Å²) in [6.07, 6.45) is -8.27. The summed E-state index contributed by atoms with van der Waals surface area (Å²) >= 11 is 2.83. The number of aromatic nitrogens is 1. The molecule has 0 saturated heterocycles. The van der Waals surface area contributed by atoms with E-state index in [0.717, 1.165) is 0 Å². The Morgan fingerprint density at radius 2 is 2.00 bits per heavy atom. The van der Waals surface area contributed by atoms with Crippen molar-refractivity contribution in [2.75, 3.05) is 0 Å². The summed E-state index contributed by atoms with van der Waals surface area (Å²) < 4.78 is 65.3. The van der Waals surface area contributed by atoms with Gasteiger partial charge in [-0.2, -0.15) is 0 Å². The van der Waals surface area contributed by atoms with Crippen LogP contribution in [0.3, 0.4) is 0 Å². The van der Waals surface area contributed by atoms with Gasteiger partial charge in [0.05, 0.1) is 23.6 Å². The molecule has 0 aliphatic rings. The van der Waals surface area contributed by atoms with Crippen molar-refractivity contribution >= 4 is 15.9 Å². The van der Waals surface area contributed by atoms with Gasteiger partial charge in [0.15, 0.2) is 5.75 Å². The fraction of sp³-hybridized carbons (Fsp3) is 0.444. The lowest BCUT2D eigenvalue weighted by Crippen LogP contribution is -2.20. The number of hydrogen-bond acceptors (Lipinski definition) is 3. The lowest BCUT2D eigenvalue weighted by molar-refractivity contribution is -0.275. The Bertz CT molecular complexity index is 424. The molecule has 102 valence electrons. The van der Waals surface area contributed by atoms with Crippen LogP contribution in [0.2, 0.25) is 0 Å². The predicted molar refractivity (Wildman–Crippen MR) is 54.4 cm³/mol. The van der Waals surface area contributed by atoms with Gasteiger partial charge in [0, 0.05) is 5.33 Å². The smallest absolute Gasteiger partial charge is 0.403 e. The molecular formula is C9H7BrF5NO2. The van der Waals surface area contributed by atoms with E-state index < -0.39 is 30.7 Å². The van der Waals surface area contributed by atoms with Crippen LogP contribution in [0.1, 0.15) is 23.4 Å². The van der Waals surface area contributed by atoms with Crippen molar-refractivity contribution in [1.29, 1.82) is 0 Å². The van der Waals surface area contributed by atoms with Crippen LogP contribution in [0.4, 0.5) is 22.0 Å². The molecular weight excluding hydrogens is 329 g/mol. The van der Waals surface area contributed by atoms with Gasteiger partial charge in [-0.1, -0.05) is 15.9 Å². The molecule has 3 nitrogen and oxygen atoms in total. The number of hydrogen-bond donors (Lipinski definition) is 1. The number of nitrogens with zero attached hydrogens (tertiary/aromatic N) is 1. The fourth-order valence-corrected chi connectivity index (χ4v) is 1.62. The van der Waals surface area contributed by atoms with Crippen molar-refractivity contribution < 1.29 is 31.8 Å². The Kier molecular flexibility index (Phi) is 4.85. The molecule has 1 heterocycles. The summed E-state index contributed by atoms with van der Waals surface area (Å²) in [4.78, 5) is 3.58. The van der Waals surface area contributed by atoms with Gasteiger partial charge in [0.2, 0.25) is 0 Å². The third-order valence-electron chi connectivity index (χ3n) is 1.87. The molecule has 0 aliphatic heterocycles. The van der Waals surface area contributed by atoms with E-state index in [0.29, 0.717) is 6.07 Å². The zero-order valence-electron chi connectivity index (χ0n) is 8.64. The fourth-order valence-electron chi connectivity index (χ4n) is 1.24. The number of alkyl halides is 6. The van der Waals surface area contributed by atoms with Crippen LogP contribution in [0.5, 0.6) is 5.75 Å². The van der Waals surface area contributed by atoms with Crippen molar-refractivity contribution in [2.24, 2.45) is 0 Å². The van der Waals surface area contributed by atoms with Crippen molar-refractivity contribution in [2.45, 2.75) is 24.7 Å². The van der Waals surface area contributed by atoms with E-state index >= 15 is 0 Å². The van der Waals surface area contributed by atoms with Crippen LogP contribution in [-0.2, 0) is 11.9 Å². The standard InChI is InChI=1S/C9H7BrF5NO2/c10-2-6-7(18-9(13,14)15)5(8(11)12)1-4(3-17)16-6/h1,8,17H,2-3H2. The number of pyridine rings is 1. The quantitative estimate of drug-likeness (QED) is 0.678. The molecule has 0 aliphatic carbocycles. The molecule has 9 heteroatoms. The van der Waals surface area contributed by atoms with E-state index in [1.807, 2.05) is 0 Å². The monoisotopic (exact) mass is 335 g/mol. The van der Waals surface area contributed by atoms with Gasteiger partial charge in [-0.25, -0.2) is 8.78 Å². The molecule has 0 spiro atoms. The minimum Gasteiger partial charge on any atom is -0.403 e. The summed E-state index contributed by atoms with van der Waals surface area (Å²) in [7, 11) is 0. The summed E-state index contributed by atoms with van der Waals surface area (Å²) in [6, 6.07) is 0.678. The average Bonchev–Trinajstić information content (AvgIpc) is 2.26. The van der Waals surface area contributed by atoms with E-state index in [9.17, 15) is 22.0 Å². The van der Waals surface area contributed by atoms with Gasteiger partial charge < -0.3 is 9.84 Å². The molecule has 18 heavy (non-hydrogen) atoms. The van der Waals surface area contributed by atoms with Crippen molar-refractivity contribution in [3.05, 3.63) is 23.0 Å². The third kappa shape index (κ3) is 3.77. The molecule has 1 rings (SSSR count). The number of halogens is 6. The van der Waals surface area contributed by atoms with E-state index in [1.54, 1.807) is 0 Å². The van der Waals surface area contributed by atoms with Gasteiger partial charge in [-0.15, -0.1) is 13.2 Å². The highest BCUT2D eigenvalue weighted by atomic mass is 79.9. The molecule has 0 unspecified atom stereocenters. The molecule has 0 aromatic carbocycles. The summed E-state index contributed by atoms with van der Waals surface area (Å²) in [5.41, 5.74) is -1.47. The summed E-state index contributed by atoms with van der Waals surface area (Å²) in [6.45, 7) is -0.661.